The average molecular weight is 283 g/mol. The van der Waals surface area contributed by atoms with Crippen LogP contribution in [0.3, 0.4) is 0 Å². The predicted molar refractivity (Wildman–Crippen MR) is 76.7 cm³/mol. The third kappa shape index (κ3) is 3.91. The molecule has 2 rings (SSSR count). The molecule has 1 unspecified atom stereocenters. The summed E-state index contributed by atoms with van der Waals surface area (Å²) in [5.41, 5.74) is 2.14. The number of hydrogen-bond donors (Lipinski definition) is 2. The lowest BCUT2D eigenvalue weighted by atomic mass is 10.3. The molecule has 1 atom stereocenters. The minimum Gasteiger partial charge on any atom is -0.313 e. The van der Waals surface area contributed by atoms with Gasteiger partial charge in [0.05, 0.1) is 16.6 Å². The van der Waals surface area contributed by atoms with Crippen LogP contribution in [0.4, 0.5) is 5.69 Å². The fraction of sp³-hybridized carbons (Fsp3) is 0.615. The van der Waals surface area contributed by atoms with E-state index in [0.717, 1.165) is 18.5 Å². The second kappa shape index (κ2) is 5.46. The monoisotopic (exact) mass is 283 g/mol. The summed E-state index contributed by atoms with van der Waals surface area (Å²) in [4.78, 5) is 4.26. The molecule has 0 amide bonds. The van der Waals surface area contributed by atoms with Gasteiger partial charge in [0.15, 0.2) is 0 Å². The molecule has 1 heterocycles. The maximum Gasteiger partial charge on any atom is 0.236 e. The number of pyridine rings is 1. The van der Waals surface area contributed by atoms with Crippen LogP contribution in [-0.4, -0.2) is 31.2 Å². The number of nitrogens with one attached hydrogen (secondary N) is 2. The minimum atomic E-state index is -3.37. The molecule has 19 heavy (non-hydrogen) atoms. The standard InChI is InChI=1S/C13H21N3O2S/c1-9-4-7-13(11(3)15-9)16-19(17,18)10(2)8-14-12-5-6-12/h4,7,10,12,14,16H,5-6,8H2,1-3H3. The molecular weight excluding hydrogens is 262 g/mol. The number of aromatic nitrogens is 1. The van der Waals surface area contributed by atoms with Crippen LogP contribution in [0.15, 0.2) is 12.1 Å². The van der Waals surface area contributed by atoms with Crippen molar-refractivity contribution in [2.75, 3.05) is 11.3 Å². The average Bonchev–Trinajstić information content (AvgIpc) is 3.13. The molecule has 0 bridgehead atoms. The molecule has 2 N–H and O–H groups in total. The lowest BCUT2D eigenvalue weighted by molar-refractivity contribution is 0.576. The molecule has 0 aromatic carbocycles. The molecule has 6 heteroatoms. The van der Waals surface area contributed by atoms with E-state index in [1.807, 2.05) is 6.92 Å². The Morgan fingerprint density at radius 3 is 2.63 bits per heavy atom. The van der Waals surface area contributed by atoms with Crippen molar-refractivity contribution in [3.63, 3.8) is 0 Å². The normalized spacial score (nSPS) is 17.2. The number of hydrogen-bond acceptors (Lipinski definition) is 4. The van der Waals surface area contributed by atoms with Crippen LogP contribution in [-0.2, 0) is 10.0 Å². The molecule has 0 saturated heterocycles. The van der Waals surface area contributed by atoms with Gasteiger partial charge in [-0.05, 0) is 45.7 Å². The van der Waals surface area contributed by atoms with E-state index in [1.165, 1.54) is 0 Å². The van der Waals surface area contributed by atoms with Gasteiger partial charge in [-0.2, -0.15) is 0 Å². The van der Waals surface area contributed by atoms with Crippen LogP contribution in [0.5, 0.6) is 0 Å². The zero-order valence-corrected chi connectivity index (χ0v) is 12.4. The maximum atomic E-state index is 12.2. The van der Waals surface area contributed by atoms with Gasteiger partial charge in [-0.15, -0.1) is 0 Å². The van der Waals surface area contributed by atoms with Crippen molar-refractivity contribution in [1.29, 1.82) is 0 Å². The number of sulfonamides is 1. The Balaban J connectivity index is 2.02. The third-order valence-electron chi connectivity index (χ3n) is 3.28. The summed E-state index contributed by atoms with van der Waals surface area (Å²) in [5.74, 6) is 0. The molecule has 5 nitrogen and oxygen atoms in total. The Morgan fingerprint density at radius 1 is 1.37 bits per heavy atom. The van der Waals surface area contributed by atoms with Crippen molar-refractivity contribution in [2.45, 2.75) is 44.9 Å². The van der Waals surface area contributed by atoms with Gasteiger partial charge in [-0.1, -0.05) is 0 Å². The summed E-state index contributed by atoms with van der Waals surface area (Å²) in [6, 6.07) is 4.08. The fourth-order valence-corrected chi connectivity index (χ4v) is 2.82. The molecule has 1 aromatic rings. The Morgan fingerprint density at radius 2 is 2.05 bits per heavy atom. The van der Waals surface area contributed by atoms with Crippen molar-refractivity contribution < 1.29 is 8.42 Å². The summed E-state index contributed by atoms with van der Waals surface area (Å²) in [6.45, 7) is 5.89. The number of anilines is 1. The van der Waals surface area contributed by atoms with Crippen LogP contribution in [0.2, 0.25) is 0 Å². The van der Waals surface area contributed by atoms with Crippen molar-refractivity contribution >= 4 is 15.7 Å². The predicted octanol–water partition coefficient (Wildman–Crippen LogP) is 1.58. The number of aryl methyl sites for hydroxylation is 2. The minimum absolute atomic E-state index is 0.464. The van der Waals surface area contributed by atoms with E-state index in [0.29, 0.717) is 24.0 Å². The highest BCUT2D eigenvalue weighted by Gasteiger charge is 2.26. The van der Waals surface area contributed by atoms with Crippen molar-refractivity contribution in [1.82, 2.24) is 10.3 Å². The molecule has 1 aliphatic rings. The summed E-state index contributed by atoms with van der Waals surface area (Å²) in [5, 5.41) is 2.77. The number of nitrogens with zero attached hydrogens (tertiary/aromatic N) is 1. The summed E-state index contributed by atoms with van der Waals surface area (Å²) in [7, 11) is -3.37. The van der Waals surface area contributed by atoms with Gasteiger partial charge >= 0.3 is 0 Å². The Hall–Kier alpha value is -1.14. The molecule has 0 aliphatic heterocycles. The molecule has 1 aliphatic carbocycles. The van der Waals surface area contributed by atoms with Gasteiger partial charge in [-0.25, -0.2) is 8.42 Å². The summed E-state index contributed by atoms with van der Waals surface area (Å²) >= 11 is 0. The zero-order chi connectivity index (χ0) is 14.0. The molecule has 106 valence electrons. The van der Waals surface area contributed by atoms with Crippen LogP contribution < -0.4 is 10.0 Å². The van der Waals surface area contributed by atoms with E-state index in [1.54, 1.807) is 26.0 Å². The second-order valence-electron chi connectivity index (χ2n) is 5.23. The molecule has 1 aromatic heterocycles. The van der Waals surface area contributed by atoms with Gasteiger partial charge in [0.2, 0.25) is 10.0 Å². The van der Waals surface area contributed by atoms with E-state index < -0.39 is 15.3 Å². The fourth-order valence-electron chi connectivity index (χ4n) is 1.78. The highest BCUT2D eigenvalue weighted by molar-refractivity contribution is 7.93. The van der Waals surface area contributed by atoms with Gasteiger partial charge in [-0.3, -0.25) is 9.71 Å². The lowest BCUT2D eigenvalue weighted by Gasteiger charge is -2.16. The largest absolute Gasteiger partial charge is 0.313 e. The smallest absolute Gasteiger partial charge is 0.236 e. The van der Waals surface area contributed by atoms with Crippen molar-refractivity contribution in [2.24, 2.45) is 0 Å². The van der Waals surface area contributed by atoms with Gasteiger partial charge in [0, 0.05) is 18.3 Å². The SMILES string of the molecule is Cc1ccc(NS(=O)(=O)C(C)CNC2CC2)c(C)n1. The van der Waals surface area contributed by atoms with Gasteiger partial charge in [0.25, 0.3) is 0 Å². The second-order valence-corrected chi connectivity index (χ2v) is 7.32. The first-order valence-electron chi connectivity index (χ1n) is 6.58. The highest BCUT2D eigenvalue weighted by Crippen LogP contribution is 2.20. The highest BCUT2D eigenvalue weighted by atomic mass is 32.2. The first-order valence-corrected chi connectivity index (χ1v) is 8.12. The number of rotatable bonds is 6. The summed E-state index contributed by atoms with van der Waals surface area (Å²) < 4.78 is 27.0. The Kier molecular flexibility index (Phi) is 4.10. The maximum absolute atomic E-state index is 12.2. The quantitative estimate of drug-likeness (QED) is 0.831. The Bertz CT molecular complexity index is 553. The lowest BCUT2D eigenvalue weighted by Crippen LogP contribution is -2.35. The van der Waals surface area contributed by atoms with Crippen LogP contribution >= 0.6 is 0 Å². The van der Waals surface area contributed by atoms with E-state index in [-0.39, 0.29) is 0 Å². The Labute approximate surface area is 114 Å². The van der Waals surface area contributed by atoms with E-state index in [2.05, 4.69) is 15.0 Å². The molecule has 1 saturated carbocycles. The first kappa shape index (κ1) is 14.3. The molecule has 0 radical (unpaired) electrons. The summed E-state index contributed by atoms with van der Waals surface area (Å²) in [6.07, 6.45) is 2.31. The van der Waals surface area contributed by atoms with E-state index in [4.69, 9.17) is 0 Å². The van der Waals surface area contributed by atoms with E-state index >= 15 is 0 Å². The van der Waals surface area contributed by atoms with Crippen LogP contribution in [0.25, 0.3) is 0 Å². The first-order chi connectivity index (χ1) is 8.88. The van der Waals surface area contributed by atoms with E-state index in [9.17, 15) is 8.42 Å². The third-order valence-corrected chi connectivity index (χ3v) is 5.01. The molecular formula is C13H21N3O2S. The van der Waals surface area contributed by atoms with Gasteiger partial charge < -0.3 is 5.32 Å². The van der Waals surface area contributed by atoms with Crippen LogP contribution in [0.1, 0.15) is 31.2 Å². The topological polar surface area (TPSA) is 71.1 Å². The zero-order valence-electron chi connectivity index (χ0n) is 11.6. The van der Waals surface area contributed by atoms with Crippen molar-refractivity contribution in [3.05, 3.63) is 23.5 Å². The molecule has 1 fully saturated rings. The van der Waals surface area contributed by atoms with Crippen LogP contribution in [0, 0.1) is 13.8 Å². The molecule has 0 spiro atoms. The van der Waals surface area contributed by atoms with Gasteiger partial charge in [0.1, 0.15) is 0 Å². The van der Waals surface area contributed by atoms with Crippen molar-refractivity contribution in [3.8, 4) is 0 Å².